The van der Waals surface area contributed by atoms with Crippen molar-refractivity contribution in [3.05, 3.63) is 24.3 Å². The van der Waals surface area contributed by atoms with E-state index in [4.69, 9.17) is 17.0 Å². The molecule has 1 N–H and O–H groups in total. The van der Waals surface area contributed by atoms with Crippen molar-refractivity contribution < 1.29 is 4.74 Å². The molecule has 1 aliphatic rings. The molecular formula is C18H29N3OS. The van der Waals surface area contributed by atoms with Crippen LogP contribution < -0.4 is 10.1 Å². The van der Waals surface area contributed by atoms with Crippen LogP contribution in [0.15, 0.2) is 24.3 Å². The molecule has 5 heteroatoms. The van der Waals surface area contributed by atoms with Gasteiger partial charge in [-0.1, -0.05) is 13.0 Å². The third-order valence-corrected chi connectivity index (χ3v) is 5.30. The summed E-state index contributed by atoms with van der Waals surface area (Å²) in [7, 11) is 3.93. The molecule has 0 aliphatic carbocycles. The minimum atomic E-state index is 0.647. The van der Waals surface area contributed by atoms with Gasteiger partial charge in [0, 0.05) is 36.9 Å². The number of piperidine rings is 1. The number of benzene rings is 1. The third-order valence-electron chi connectivity index (χ3n) is 4.93. The lowest BCUT2D eigenvalue weighted by molar-refractivity contribution is 0.126. The van der Waals surface area contributed by atoms with Gasteiger partial charge in [0.25, 0.3) is 0 Å². The lowest BCUT2D eigenvalue weighted by atomic mass is 10.0. The molecule has 23 heavy (non-hydrogen) atoms. The first-order valence-electron chi connectivity index (χ1n) is 8.47. The van der Waals surface area contributed by atoms with Crippen molar-refractivity contribution in [3.63, 3.8) is 0 Å². The van der Waals surface area contributed by atoms with Gasteiger partial charge in [0.05, 0.1) is 7.11 Å². The normalized spacial score (nSPS) is 17.2. The summed E-state index contributed by atoms with van der Waals surface area (Å²) in [4.78, 5) is 4.80. The summed E-state index contributed by atoms with van der Waals surface area (Å²) < 4.78 is 5.25. The zero-order valence-electron chi connectivity index (χ0n) is 14.7. The molecule has 1 atom stereocenters. The van der Waals surface area contributed by atoms with Gasteiger partial charge in [-0.25, -0.2) is 0 Å². The average Bonchev–Trinajstić information content (AvgIpc) is 2.60. The number of hydrogen-bond acceptors (Lipinski definition) is 3. The van der Waals surface area contributed by atoms with Crippen molar-refractivity contribution in [2.45, 2.75) is 45.2 Å². The predicted octanol–water partition coefficient (Wildman–Crippen LogP) is 3.59. The van der Waals surface area contributed by atoms with Crippen LogP contribution in [-0.4, -0.2) is 54.2 Å². The van der Waals surface area contributed by atoms with E-state index in [1.807, 2.05) is 24.3 Å². The monoisotopic (exact) mass is 335 g/mol. The SMILES string of the molecule is CC[C@@H](C)N(C)C1CCN(C(=S)Nc2cccc(OC)c2)CC1. The predicted molar refractivity (Wildman–Crippen MR) is 101 cm³/mol. The van der Waals surface area contributed by atoms with Gasteiger partial charge in [-0.15, -0.1) is 0 Å². The van der Waals surface area contributed by atoms with E-state index in [0.29, 0.717) is 12.1 Å². The summed E-state index contributed by atoms with van der Waals surface area (Å²) in [5.41, 5.74) is 0.980. The maximum absolute atomic E-state index is 5.57. The van der Waals surface area contributed by atoms with E-state index in [1.54, 1.807) is 7.11 Å². The highest BCUT2D eigenvalue weighted by atomic mass is 32.1. The number of hydrogen-bond donors (Lipinski definition) is 1. The Morgan fingerprint density at radius 2 is 2.13 bits per heavy atom. The molecule has 0 radical (unpaired) electrons. The topological polar surface area (TPSA) is 27.7 Å². The number of rotatable bonds is 5. The number of anilines is 1. The molecule has 0 amide bonds. The second-order valence-corrected chi connectivity index (χ2v) is 6.69. The van der Waals surface area contributed by atoms with Crippen LogP contribution in [0.1, 0.15) is 33.1 Å². The van der Waals surface area contributed by atoms with Crippen LogP contribution in [0.25, 0.3) is 0 Å². The summed E-state index contributed by atoms with van der Waals surface area (Å²) in [6.07, 6.45) is 3.54. The number of nitrogens with zero attached hydrogens (tertiary/aromatic N) is 2. The van der Waals surface area contributed by atoms with Gasteiger partial charge < -0.3 is 19.9 Å². The Morgan fingerprint density at radius 1 is 1.43 bits per heavy atom. The number of nitrogens with one attached hydrogen (secondary N) is 1. The highest BCUT2D eigenvalue weighted by Gasteiger charge is 2.25. The van der Waals surface area contributed by atoms with Gasteiger partial charge in [0.1, 0.15) is 5.75 Å². The lowest BCUT2D eigenvalue weighted by Gasteiger charge is -2.40. The van der Waals surface area contributed by atoms with E-state index >= 15 is 0 Å². The standard InChI is InChI=1S/C18H29N3OS/c1-5-14(2)20(3)16-9-11-21(12-10-16)18(23)19-15-7-6-8-17(13-15)22-4/h6-8,13-14,16H,5,9-12H2,1-4H3,(H,19,23)/t14-/m1/s1. The van der Waals surface area contributed by atoms with Gasteiger partial charge >= 0.3 is 0 Å². The van der Waals surface area contributed by atoms with Crippen molar-refractivity contribution in [2.75, 3.05) is 32.6 Å². The van der Waals surface area contributed by atoms with Crippen molar-refractivity contribution in [2.24, 2.45) is 0 Å². The van der Waals surface area contributed by atoms with Gasteiger partial charge in [-0.2, -0.15) is 0 Å². The molecule has 1 aromatic rings. The van der Waals surface area contributed by atoms with Gasteiger partial charge in [0.15, 0.2) is 5.11 Å². The van der Waals surface area contributed by atoms with Gasteiger partial charge in [-0.05, 0) is 57.6 Å². The lowest BCUT2D eigenvalue weighted by Crippen LogP contribution is -2.48. The molecule has 4 nitrogen and oxygen atoms in total. The highest BCUT2D eigenvalue weighted by Crippen LogP contribution is 2.21. The summed E-state index contributed by atoms with van der Waals surface area (Å²) in [6, 6.07) is 9.20. The molecule has 1 saturated heterocycles. The Balaban J connectivity index is 1.86. The van der Waals surface area contributed by atoms with Gasteiger partial charge in [-0.3, -0.25) is 0 Å². The molecule has 0 bridgehead atoms. The maximum atomic E-state index is 5.57. The first-order chi connectivity index (χ1) is 11.0. The Hall–Kier alpha value is -1.33. The summed E-state index contributed by atoms with van der Waals surface area (Å²) >= 11 is 5.57. The minimum Gasteiger partial charge on any atom is -0.497 e. The molecule has 1 heterocycles. The molecule has 1 aromatic carbocycles. The van der Waals surface area contributed by atoms with E-state index < -0.39 is 0 Å². The van der Waals surface area contributed by atoms with Crippen LogP contribution in [0, 0.1) is 0 Å². The molecule has 0 aromatic heterocycles. The number of ether oxygens (including phenoxy) is 1. The first-order valence-corrected chi connectivity index (χ1v) is 8.87. The minimum absolute atomic E-state index is 0.647. The second-order valence-electron chi connectivity index (χ2n) is 6.30. The van der Waals surface area contributed by atoms with Crippen molar-refractivity contribution in [3.8, 4) is 5.75 Å². The second kappa shape index (κ2) is 8.50. The molecule has 0 spiro atoms. The molecule has 128 valence electrons. The van der Waals surface area contributed by atoms with Crippen LogP contribution in [0.2, 0.25) is 0 Å². The quantitative estimate of drug-likeness (QED) is 0.830. The molecular weight excluding hydrogens is 306 g/mol. The smallest absolute Gasteiger partial charge is 0.173 e. The van der Waals surface area contributed by atoms with Crippen LogP contribution in [0.5, 0.6) is 5.75 Å². The molecule has 2 rings (SSSR count). The zero-order chi connectivity index (χ0) is 16.8. The Bertz CT molecular complexity index is 515. The Morgan fingerprint density at radius 3 is 2.74 bits per heavy atom. The van der Waals surface area contributed by atoms with Crippen LogP contribution in [0.4, 0.5) is 5.69 Å². The summed E-state index contributed by atoms with van der Waals surface area (Å²) in [6.45, 7) is 6.59. The van der Waals surface area contributed by atoms with Crippen LogP contribution in [-0.2, 0) is 0 Å². The third kappa shape index (κ3) is 4.82. The van der Waals surface area contributed by atoms with E-state index in [0.717, 1.165) is 29.6 Å². The largest absolute Gasteiger partial charge is 0.497 e. The molecule has 0 unspecified atom stereocenters. The van der Waals surface area contributed by atoms with Crippen LogP contribution >= 0.6 is 12.2 Å². The Kier molecular flexibility index (Phi) is 6.66. The fraction of sp³-hybridized carbons (Fsp3) is 0.611. The van der Waals surface area contributed by atoms with E-state index in [2.05, 4.69) is 36.0 Å². The Labute approximate surface area is 145 Å². The number of thiocarbonyl (C=S) groups is 1. The van der Waals surface area contributed by atoms with E-state index in [9.17, 15) is 0 Å². The van der Waals surface area contributed by atoms with Crippen LogP contribution in [0.3, 0.4) is 0 Å². The summed E-state index contributed by atoms with van der Waals surface area (Å²) in [5, 5.41) is 4.14. The molecule has 1 fully saturated rings. The zero-order valence-corrected chi connectivity index (χ0v) is 15.5. The van der Waals surface area contributed by atoms with Crippen molar-refractivity contribution in [1.29, 1.82) is 0 Å². The summed E-state index contributed by atoms with van der Waals surface area (Å²) in [5.74, 6) is 0.840. The fourth-order valence-corrected chi connectivity index (χ4v) is 3.33. The average molecular weight is 336 g/mol. The van der Waals surface area contributed by atoms with Crippen molar-refractivity contribution in [1.82, 2.24) is 9.80 Å². The van der Waals surface area contributed by atoms with E-state index in [-0.39, 0.29) is 0 Å². The number of likely N-dealkylation sites (tertiary alicyclic amines) is 1. The first kappa shape index (κ1) is 18.0. The fourth-order valence-electron chi connectivity index (χ4n) is 3.03. The molecule has 0 saturated carbocycles. The van der Waals surface area contributed by atoms with E-state index in [1.165, 1.54) is 19.3 Å². The number of methoxy groups -OCH3 is 1. The van der Waals surface area contributed by atoms with Gasteiger partial charge in [0.2, 0.25) is 0 Å². The highest BCUT2D eigenvalue weighted by molar-refractivity contribution is 7.80. The van der Waals surface area contributed by atoms with Crippen molar-refractivity contribution >= 4 is 23.0 Å². The molecule has 1 aliphatic heterocycles. The maximum Gasteiger partial charge on any atom is 0.173 e.